The van der Waals surface area contributed by atoms with Crippen LogP contribution in [-0.4, -0.2) is 61.3 Å². The van der Waals surface area contributed by atoms with Crippen LogP contribution in [0.3, 0.4) is 0 Å². The van der Waals surface area contributed by atoms with E-state index >= 15 is 0 Å². The van der Waals surface area contributed by atoms with Crippen LogP contribution in [0.2, 0.25) is 0 Å². The second-order valence-corrected chi connectivity index (χ2v) is 7.42. The number of hydrogen-bond acceptors (Lipinski definition) is 4. The number of carbonyl (C=O) groups excluding carboxylic acids is 1. The van der Waals surface area contributed by atoms with Gasteiger partial charge in [-0.2, -0.15) is 4.31 Å². The van der Waals surface area contributed by atoms with Crippen molar-refractivity contribution in [2.24, 2.45) is 0 Å². The van der Waals surface area contributed by atoms with Gasteiger partial charge in [0.2, 0.25) is 10.0 Å². The van der Waals surface area contributed by atoms with Gasteiger partial charge in [0.25, 0.3) is 5.91 Å². The zero-order valence-electron chi connectivity index (χ0n) is 14.2. The van der Waals surface area contributed by atoms with Crippen LogP contribution in [0.5, 0.6) is 0 Å². The summed E-state index contributed by atoms with van der Waals surface area (Å²) >= 11 is 0. The van der Waals surface area contributed by atoms with E-state index in [1.807, 2.05) is 13.8 Å². The van der Waals surface area contributed by atoms with E-state index in [0.29, 0.717) is 13.1 Å². The lowest BCUT2D eigenvalue weighted by molar-refractivity contribution is -0.137. The fourth-order valence-electron chi connectivity index (χ4n) is 2.26. The Morgan fingerprint density at radius 3 is 1.96 bits per heavy atom. The number of hydrogen-bond donors (Lipinski definition) is 1. The van der Waals surface area contributed by atoms with Crippen LogP contribution < -0.4 is 0 Å². The van der Waals surface area contributed by atoms with Crippen LogP contribution in [0.4, 0.5) is 0 Å². The van der Waals surface area contributed by atoms with Crippen molar-refractivity contribution in [3.8, 4) is 0 Å². The normalized spacial score (nSPS) is 11.5. The molecule has 0 spiro atoms. The summed E-state index contributed by atoms with van der Waals surface area (Å²) in [7, 11) is -2.21. The first kappa shape index (κ1) is 20.1. The number of carboxylic acid groups (broad SMARTS) is 1. The van der Waals surface area contributed by atoms with Crippen molar-refractivity contribution < 1.29 is 23.1 Å². The van der Waals surface area contributed by atoms with Gasteiger partial charge < -0.3 is 10.0 Å². The maximum Gasteiger partial charge on any atom is 0.323 e. The van der Waals surface area contributed by atoms with Gasteiger partial charge >= 0.3 is 5.97 Å². The van der Waals surface area contributed by atoms with Crippen molar-refractivity contribution in [2.75, 3.05) is 26.7 Å². The number of amides is 1. The lowest BCUT2D eigenvalue weighted by Gasteiger charge is -2.21. The number of carbonyl (C=O) groups is 2. The molecule has 1 N–H and O–H groups in total. The summed E-state index contributed by atoms with van der Waals surface area (Å²) in [4.78, 5) is 23.9. The highest BCUT2D eigenvalue weighted by Crippen LogP contribution is 2.18. The van der Waals surface area contributed by atoms with Gasteiger partial charge in [-0.15, -0.1) is 0 Å². The summed E-state index contributed by atoms with van der Waals surface area (Å²) < 4.78 is 26.7. The zero-order valence-corrected chi connectivity index (χ0v) is 15.0. The summed E-state index contributed by atoms with van der Waals surface area (Å²) in [6.07, 6.45) is 1.44. The Labute approximate surface area is 142 Å². The molecule has 0 saturated carbocycles. The Hall–Kier alpha value is -1.93. The van der Waals surface area contributed by atoms with Gasteiger partial charge in [-0.3, -0.25) is 9.59 Å². The molecular weight excluding hydrogens is 332 g/mol. The fourth-order valence-corrected chi connectivity index (χ4v) is 3.89. The van der Waals surface area contributed by atoms with Crippen molar-refractivity contribution in [1.29, 1.82) is 0 Å². The Morgan fingerprint density at radius 1 is 1.04 bits per heavy atom. The molecule has 0 fully saturated rings. The quantitative estimate of drug-likeness (QED) is 0.726. The Kier molecular flexibility index (Phi) is 7.37. The molecule has 0 saturated heterocycles. The van der Waals surface area contributed by atoms with E-state index in [9.17, 15) is 18.0 Å². The molecule has 0 bridgehead atoms. The highest BCUT2D eigenvalue weighted by molar-refractivity contribution is 7.89. The van der Waals surface area contributed by atoms with Crippen molar-refractivity contribution in [2.45, 2.75) is 31.6 Å². The molecule has 0 aliphatic heterocycles. The number of benzene rings is 1. The number of sulfonamides is 1. The molecule has 1 amide bonds. The number of nitrogens with zero attached hydrogens (tertiary/aromatic N) is 2. The standard InChI is InChI=1S/C16H24N2O5S/c1-4-10-18(11-5-2)24(22,23)14-8-6-13(7-9-14)16(21)17(3)12-15(19)20/h6-9H,4-5,10-12H2,1-3H3,(H,19,20). The number of rotatable bonds is 9. The smallest absolute Gasteiger partial charge is 0.323 e. The average molecular weight is 356 g/mol. The van der Waals surface area contributed by atoms with E-state index in [-0.39, 0.29) is 10.5 Å². The van der Waals surface area contributed by atoms with Crippen molar-refractivity contribution in [3.05, 3.63) is 29.8 Å². The third-order valence-electron chi connectivity index (χ3n) is 3.40. The predicted molar refractivity (Wildman–Crippen MR) is 90.4 cm³/mol. The van der Waals surface area contributed by atoms with Crippen molar-refractivity contribution >= 4 is 21.9 Å². The molecule has 1 rings (SSSR count). The molecule has 1 aromatic rings. The van der Waals surface area contributed by atoms with Crippen molar-refractivity contribution in [3.63, 3.8) is 0 Å². The molecule has 7 nitrogen and oxygen atoms in total. The van der Waals surface area contributed by atoms with Crippen LogP contribution in [0.1, 0.15) is 37.0 Å². The fraction of sp³-hybridized carbons (Fsp3) is 0.500. The van der Waals surface area contributed by atoms with E-state index < -0.39 is 28.4 Å². The third kappa shape index (κ3) is 5.04. The van der Waals surface area contributed by atoms with E-state index in [4.69, 9.17) is 5.11 Å². The minimum atomic E-state index is -3.59. The minimum absolute atomic E-state index is 0.127. The van der Waals surface area contributed by atoms with Crippen LogP contribution in [-0.2, 0) is 14.8 Å². The van der Waals surface area contributed by atoms with Gasteiger partial charge in [-0.1, -0.05) is 13.8 Å². The molecule has 0 radical (unpaired) electrons. The first-order valence-corrected chi connectivity index (χ1v) is 9.25. The molecule has 8 heteroatoms. The van der Waals surface area contributed by atoms with Gasteiger partial charge in [-0.25, -0.2) is 8.42 Å². The molecule has 1 aromatic carbocycles. The maximum absolute atomic E-state index is 12.6. The first-order valence-electron chi connectivity index (χ1n) is 7.81. The predicted octanol–water partition coefficient (Wildman–Crippen LogP) is 1.65. The molecule has 0 atom stereocenters. The second kappa shape index (κ2) is 8.79. The lowest BCUT2D eigenvalue weighted by Crippen LogP contribution is -2.33. The van der Waals surface area contributed by atoms with Crippen LogP contribution >= 0.6 is 0 Å². The Morgan fingerprint density at radius 2 is 1.54 bits per heavy atom. The summed E-state index contributed by atoms with van der Waals surface area (Å²) in [6.45, 7) is 4.30. The molecule has 24 heavy (non-hydrogen) atoms. The van der Waals surface area contributed by atoms with E-state index in [1.54, 1.807) is 0 Å². The largest absolute Gasteiger partial charge is 0.480 e. The van der Waals surface area contributed by atoms with E-state index in [2.05, 4.69) is 0 Å². The summed E-state index contributed by atoms with van der Waals surface area (Å²) in [6, 6.07) is 5.58. The van der Waals surface area contributed by atoms with Gasteiger partial charge in [0.1, 0.15) is 6.54 Å². The monoisotopic (exact) mass is 356 g/mol. The number of likely N-dealkylation sites (N-methyl/N-ethyl adjacent to an activating group) is 1. The first-order chi connectivity index (χ1) is 11.2. The summed E-state index contributed by atoms with van der Waals surface area (Å²) in [5.41, 5.74) is 0.246. The van der Waals surface area contributed by atoms with Gasteiger partial charge in [0.15, 0.2) is 0 Å². The van der Waals surface area contributed by atoms with E-state index in [0.717, 1.165) is 17.7 Å². The molecule has 0 aliphatic carbocycles. The molecule has 0 unspecified atom stereocenters. The third-order valence-corrected chi connectivity index (χ3v) is 5.32. The Bertz CT molecular complexity index is 664. The van der Waals surface area contributed by atoms with Crippen molar-refractivity contribution in [1.82, 2.24) is 9.21 Å². The zero-order chi connectivity index (χ0) is 18.3. The molecule has 0 heterocycles. The van der Waals surface area contributed by atoms with Gasteiger partial charge in [0.05, 0.1) is 4.90 Å². The Balaban J connectivity index is 3.01. The second-order valence-electron chi connectivity index (χ2n) is 5.48. The molecule has 0 aliphatic rings. The summed E-state index contributed by atoms with van der Waals surface area (Å²) in [5, 5.41) is 8.71. The van der Waals surface area contributed by atoms with Gasteiger partial charge in [-0.05, 0) is 37.1 Å². The van der Waals surface area contributed by atoms with E-state index in [1.165, 1.54) is 35.6 Å². The summed E-state index contributed by atoms with van der Waals surface area (Å²) in [5.74, 6) is -1.58. The maximum atomic E-state index is 12.6. The number of aliphatic carboxylic acids is 1. The molecule has 0 aromatic heterocycles. The molecule has 134 valence electrons. The van der Waals surface area contributed by atoms with Crippen LogP contribution in [0.15, 0.2) is 29.2 Å². The SMILES string of the molecule is CCCN(CCC)S(=O)(=O)c1ccc(C(=O)N(C)CC(=O)O)cc1. The topological polar surface area (TPSA) is 95.0 Å². The average Bonchev–Trinajstić information content (AvgIpc) is 2.53. The van der Waals surface area contributed by atoms with Crippen LogP contribution in [0.25, 0.3) is 0 Å². The number of carboxylic acids is 1. The highest BCUT2D eigenvalue weighted by atomic mass is 32.2. The lowest BCUT2D eigenvalue weighted by atomic mass is 10.2. The van der Waals surface area contributed by atoms with Gasteiger partial charge in [0, 0.05) is 25.7 Å². The minimum Gasteiger partial charge on any atom is -0.480 e. The highest BCUT2D eigenvalue weighted by Gasteiger charge is 2.23. The molecular formula is C16H24N2O5S. The van der Waals surface area contributed by atoms with Crippen LogP contribution in [0, 0.1) is 0 Å².